The Morgan fingerprint density at radius 3 is 2.23 bits per heavy atom. The summed E-state index contributed by atoms with van der Waals surface area (Å²) in [6.07, 6.45) is 3.18. The highest BCUT2D eigenvalue weighted by molar-refractivity contribution is 6.35. The Kier molecular flexibility index (Phi) is 6.13. The van der Waals surface area contributed by atoms with Crippen molar-refractivity contribution in [3.63, 3.8) is 0 Å². The van der Waals surface area contributed by atoms with Crippen LogP contribution >= 0.6 is 11.6 Å². The van der Waals surface area contributed by atoms with Crippen molar-refractivity contribution in [2.24, 2.45) is 0 Å². The van der Waals surface area contributed by atoms with Crippen molar-refractivity contribution >= 4 is 49.9 Å². The topological polar surface area (TPSA) is 81.5 Å². The van der Waals surface area contributed by atoms with Crippen LogP contribution in [0.15, 0.2) is 78.9 Å². The van der Waals surface area contributed by atoms with Gasteiger partial charge in [-0.25, -0.2) is 14.4 Å². The molecule has 3 N–H and O–H groups in total. The number of nitrogens with one attached hydrogen (secondary N) is 1. The Morgan fingerprint density at radius 1 is 0.814 bits per heavy atom. The van der Waals surface area contributed by atoms with Crippen molar-refractivity contribution in [3.05, 3.63) is 89.7 Å². The zero-order valence-electron chi connectivity index (χ0n) is 23.2. The van der Waals surface area contributed by atoms with Crippen molar-refractivity contribution < 1.29 is 14.6 Å². The van der Waals surface area contributed by atoms with Gasteiger partial charge in [-0.1, -0.05) is 60.1 Å². The second-order valence-corrected chi connectivity index (χ2v) is 12.0. The molecule has 214 valence electrons. The van der Waals surface area contributed by atoms with Gasteiger partial charge in [-0.05, 0) is 76.7 Å². The minimum absolute atomic E-state index is 0.0210. The van der Waals surface area contributed by atoms with Crippen molar-refractivity contribution in [1.29, 1.82) is 0 Å². The molecule has 3 aliphatic heterocycles. The average Bonchev–Trinajstić information content (AvgIpc) is 3.36. The summed E-state index contributed by atoms with van der Waals surface area (Å²) >= 11 is 6.93. The highest BCUT2D eigenvalue weighted by Crippen LogP contribution is 2.44. The Bertz CT molecular complexity index is 2080. The van der Waals surface area contributed by atoms with Crippen LogP contribution in [0.3, 0.4) is 0 Å². The van der Waals surface area contributed by atoms with Gasteiger partial charge in [-0.3, -0.25) is 0 Å². The fraction of sp³-hybridized carbons (Fsp3) is 0.200. The molecule has 6 aromatic rings. The molecule has 2 unspecified atom stereocenters. The molecule has 1 aromatic heterocycles. The fourth-order valence-electron chi connectivity index (χ4n) is 6.92. The number of fused-ring (bicyclic) bond motifs is 7. The van der Waals surface area contributed by atoms with E-state index in [1.807, 2.05) is 48.5 Å². The van der Waals surface area contributed by atoms with Gasteiger partial charge in [0, 0.05) is 41.7 Å². The number of aromatic nitrogens is 2. The SMILES string of the molecule is Oc1cc(-c2nc(N3CC4CCCC3CN4)c3cc(Cl)c(-c4cc(O)cc5ccccc45)c(F)c3n2)c2ccccc2c1. The summed E-state index contributed by atoms with van der Waals surface area (Å²) in [6.45, 7) is 1.57. The lowest BCUT2D eigenvalue weighted by atomic mass is 9.96. The van der Waals surface area contributed by atoms with Crippen molar-refractivity contribution in [2.45, 2.75) is 31.3 Å². The first kappa shape index (κ1) is 26.2. The van der Waals surface area contributed by atoms with Crippen molar-refractivity contribution in [1.82, 2.24) is 15.3 Å². The first-order valence-corrected chi connectivity index (χ1v) is 15.0. The molecule has 0 saturated carbocycles. The van der Waals surface area contributed by atoms with Gasteiger partial charge in [0.1, 0.15) is 22.8 Å². The molecule has 2 bridgehead atoms. The fourth-order valence-corrected chi connectivity index (χ4v) is 7.22. The van der Waals surface area contributed by atoms with Crippen LogP contribution in [0.4, 0.5) is 10.2 Å². The van der Waals surface area contributed by atoms with E-state index in [-0.39, 0.29) is 33.6 Å². The lowest BCUT2D eigenvalue weighted by molar-refractivity contribution is 0.423. The Balaban J connectivity index is 1.45. The predicted octanol–water partition coefficient (Wildman–Crippen LogP) is 7.80. The van der Waals surface area contributed by atoms with Gasteiger partial charge >= 0.3 is 0 Å². The Morgan fingerprint density at radius 2 is 1.49 bits per heavy atom. The molecule has 0 amide bonds. The number of anilines is 1. The van der Waals surface area contributed by atoms with Crippen LogP contribution < -0.4 is 10.2 Å². The number of benzene rings is 5. The standard InChI is InChI=1S/C35H28ClFN4O2/c36-30-16-29-33(32(37)31(30)27-14-23(42)12-19-6-1-3-10-25(19)27)39-34(28-15-24(43)13-20-7-2-4-11-26(20)28)40-35(29)41-18-21-8-5-9-22(41)17-38-21/h1-4,6-7,10-16,21-22,38,42-43H,5,8-9,17-18H2. The molecule has 43 heavy (non-hydrogen) atoms. The number of phenols is 2. The Hall–Kier alpha value is -4.46. The summed E-state index contributed by atoms with van der Waals surface area (Å²) in [7, 11) is 0. The van der Waals surface area contributed by atoms with Crippen molar-refractivity contribution in [2.75, 3.05) is 18.0 Å². The average molecular weight is 591 g/mol. The van der Waals surface area contributed by atoms with Gasteiger partial charge in [-0.15, -0.1) is 0 Å². The van der Waals surface area contributed by atoms with Gasteiger partial charge in [0.25, 0.3) is 0 Å². The third-order valence-corrected chi connectivity index (χ3v) is 9.23. The third kappa shape index (κ3) is 4.34. The van der Waals surface area contributed by atoms with Gasteiger partial charge in [0.05, 0.1) is 5.02 Å². The van der Waals surface area contributed by atoms with Crippen LogP contribution in [0.5, 0.6) is 11.5 Å². The minimum atomic E-state index is -0.578. The van der Waals surface area contributed by atoms with E-state index >= 15 is 4.39 Å². The predicted molar refractivity (Wildman–Crippen MR) is 170 cm³/mol. The molecule has 0 aliphatic carbocycles. The van der Waals surface area contributed by atoms with Gasteiger partial charge in [-0.2, -0.15) is 0 Å². The third-order valence-electron chi connectivity index (χ3n) is 8.93. The van der Waals surface area contributed by atoms with Crippen LogP contribution in [-0.2, 0) is 0 Å². The molecule has 4 heterocycles. The summed E-state index contributed by atoms with van der Waals surface area (Å²) in [5.74, 6) is 0.494. The number of piperazine rings is 1. The molecular weight excluding hydrogens is 563 g/mol. The molecule has 0 spiro atoms. The number of rotatable bonds is 3. The summed E-state index contributed by atoms with van der Waals surface area (Å²) in [4.78, 5) is 12.2. The molecule has 9 rings (SSSR count). The number of hydrogen-bond acceptors (Lipinski definition) is 6. The van der Waals surface area contributed by atoms with Crippen LogP contribution in [-0.4, -0.2) is 45.4 Å². The molecule has 3 aliphatic rings. The zero-order valence-corrected chi connectivity index (χ0v) is 23.9. The molecule has 2 atom stereocenters. The van der Waals surface area contributed by atoms with E-state index in [9.17, 15) is 10.2 Å². The maximum atomic E-state index is 17.0. The lowest BCUT2D eigenvalue weighted by Gasteiger charge is -2.39. The van der Waals surface area contributed by atoms with E-state index < -0.39 is 5.82 Å². The number of nitrogens with zero attached hydrogens (tertiary/aromatic N) is 3. The van der Waals surface area contributed by atoms with Gasteiger partial charge < -0.3 is 20.4 Å². The van der Waals surface area contributed by atoms with E-state index in [1.54, 1.807) is 30.3 Å². The Labute approximate surface area is 252 Å². The quantitative estimate of drug-likeness (QED) is 0.195. The summed E-state index contributed by atoms with van der Waals surface area (Å²) in [6, 6.07) is 24.0. The number of phenolic OH excluding ortho intramolecular Hbond substituents is 2. The van der Waals surface area contributed by atoms with Crippen LogP contribution in [0.25, 0.3) is 55.0 Å². The maximum Gasteiger partial charge on any atom is 0.163 e. The molecule has 3 fully saturated rings. The van der Waals surface area contributed by atoms with E-state index in [4.69, 9.17) is 21.6 Å². The highest BCUT2D eigenvalue weighted by atomic mass is 35.5. The molecule has 5 aromatic carbocycles. The molecule has 8 heteroatoms. The van der Waals surface area contributed by atoms with E-state index in [0.29, 0.717) is 34.2 Å². The number of hydrogen-bond donors (Lipinski definition) is 3. The molecule has 6 nitrogen and oxygen atoms in total. The first-order valence-electron chi connectivity index (χ1n) is 14.6. The van der Waals surface area contributed by atoms with Gasteiger partial charge in [0.15, 0.2) is 11.6 Å². The minimum Gasteiger partial charge on any atom is -0.508 e. The van der Waals surface area contributed by atoms with Crippen LogP contribution in [0.2, 0.25) is 5.02 Å². The number of halogens is 2. The second kappa shape index (κ2) is 10.1. The summed E-state index contributed by atoms with van der Waals surface area (Å²) < 4.78 is 17.0. The van der Waals surface area contributed by atoms with Crippen LogP contribution in [0.1, 0.15) is 19.3 Å². The number of aromatic hydroxyl groups is 2. The molecule has 0 radical (unpaired) electrons. The highest BCUT2D eigenvalue weighted by Gasteiger charge is 2.34. The van der Waals surface area contributed by atoms with Crippen molar-refractivity contribution in [3.8, 4) is 34.0 Å². The second-order valence-electron chi connectivity index (χ2n) is 11.6. The van der Waals surface area contributed by atoms with E-state index in [1.165, 1.54) is 0 Å². The monoisotopic (exact) mass is 590 g/mol. The van der Waals surface area contributed by atoms with Crippen LogP contribution in [0, 0.1) is 5.82 Å². The normalized spacial score (nSPS) is 18.5. The van der Waals surface area contributed by atoms with E-state index in [2.05, 4.69) is 10.2 Å². The molecular formula is C35H28ClFN4O2. The maximum absolute atomic E-state index is 17.0. The van der Waals surface area contributed by atoms with Gasteiger partial charge in [0.2, 0.25) is 0 Å². The first-order chi connectivity index (χ1) is 20.9. The summed E-state index contributed by atoms with van der Waals surface area (Å²) in [5, 5.41) is 28.8. The summed E-state index contributed by atoms with van der Waals surface area (Å²) in [5.41, 5.74) is 1.43. The smallest absolute Gasteiger partial charge is 0.163 e. The molecule has 3 saturated heterocycles. The zero-order chi connectivity index (χ0) is 29.2. The van der Waals surface area contributed by atoms with E-state index in [0.717, 1.165) is 53.9 Å². The largest absolute Gasteiger partial charge is 0.508 e. The lowest BCUT2D eigenvalue weighted by Crippen LogP contribution is -2.54.